The van der Waals surface area contributed by atoms with Gasteiger partial charge in [0.25, 0.3) is 5.56 Å². The van der Waals surface area contributed by atoms with Gasteiger partial charge in [0, 0.05) is 19.2 Å². The van der Waals surface area contributed by atoms with Crippen molar-refractivity contribution in [1.29, 1.82) is 0 Å². The lowest BCUT2D eigenvalue weighted by atomic mass is 9.90. The summed E-state index contributed by atoms with van der Waals surface area (Å²) in [6.07, 6.45) is 1.05. The van der Waals surface area contributed by atoms with Crippen LogP contribution in [0.2, 0.25) is 0 Å². The van der Waals surface area contributed by atoms with Crippen molar-refractivity contribution >= 4 is 5.82 Å². The lowest BCUT2D eigenvalue weighted by molar-refractivity contribution is 0.383. The van der Waals surface area contributed by atoms with Gasteiger partial charge in [-0.3, -0.25) is 4.79 Å². The molecule has 16 heavy (non-hydrogen) atoms. The highest BCUT2D eigenvalue weighted by atomic mass is 16.1. The molecule has 2 rings (SSSR count). The van der Waals surface area contributed by atoms with E-state index < -0.39 is 0 Å². The van der Waals surface area contributed by atoms with Gasteiger partial charge in [-0.2, -0.15) is 0 Å². The van der Waals surface area contributed by atoms with Crippen LogP contribution in [-0.2, 0) is 0 Å². The second kappa shape index (κ2) is 3.90. The summed E-state index contributed by atoms with van der Waals surface area (Å²) >= 11 is 0. The van der Waals surface area contributed by atoms with Crippen LogP contribution in [0.25, 0.3) is 0 Å². The Kier molecular flexibility index (Phi) is 2.71. The fourth-order valence-corrected chi connectivity index (χ4v) is 2.11. The summed E-state index contributed by atoms with van der Waals surface area (Å²) in [6.45, 7) is 6.44. The quantitative estimate of drug-likeness (QED) is 0.752. The number of H-pyrrole nitrogens is 1. The zero-order chi connectivity index (χ0) is 11.8. The Bertz CT molecular complexity index is 442. The first-order valence-corrected chi connectivity index (χ1v) is 5.55. The monoisotopic (exact) mass is 222 g/mol. The van der Waals surface area contributed by atoms with E-state index in [1.807, 2.05) is 0 Å². The normalized spacial score (nSPS) is 25.1. The van der Waals surface area contributed by atoms with Gasteiger partial charge in [0.15, 0.2) is 0 Å². The van der Waals surface area contributed by atoms with E-state index in [9.17, 15) is 4.79 Å². The fraction of sp³-hybridized carbons (Fsp3) is 0.636. The second-order valence-electron chi connectivity index (χ2n) is 4.88. The summed E-state index contributed by atoms with van der Waals surface area (Å²) in [5, 5.41) is 0. The minimum absolute atomic E-state index is 0.0937. The van der Waals surface area contributed by atoms with Crippen molar-refractivity contribution in [2.75, 3.05) is 24.5 Å². The fourth-order valence-electron chi connectivity index (χ4n) is 2.11. The summed E-state index contributed by atoms with van der Waals surface area (Å²) in [5.41, 5.74) is 5.81. The van der Waals surface area contributed by atoms with Gasteiger partial charge in [0.05, 0.1) is 0 Å². The predicted molar refractivity (Wildman–Crippen MR) is 63.6 cm³/mol. The minimum atomic E-state index is -0.0937. The highest BCUT2D eigenvalue weighted by Crippen LogP contribution is 2.30. The molecule has 0 amide bonds. The Balaban J connectivity index is 2.24. The van der Waals surface area contributed by atoms with E-state index in [4.69, 9.17) is 5.73 Å². The van der Waals surface area contributed by atoms with Crippen LogP contribution in [0.1, 0.15) is 19.2 Å². The lowest BCUT2D eigenvalue weighted by Gasteiger charge is -2.23. The van der Waals surface area contributed by atoms with Crippen molar-refractivity contribution in [1.82, 2.24) is 9.97 Å². The Labute approximate surface area is 94.7 Å². The number of nitrogens with zero attached hydrogens (tertiary/aromatic N) is 2. The van der Waals surface area contributed by atoms with Crippen molar-refractivity contribution in [3.63, 3.8) is 0 Å². The molecular formula is C11H18N4O. The molecule has 5 nitrogen and oxygen atoms in total. The summed E-state index contributed by atoms with van der Waals surface area (Å²) in [5.74, 6) is 1.42. The molecule has 1 aromatic heterocycles. The van der Waals surface area contributed by atoms with Crippen LogP contribution < -0.4 is 16.2 Å². The van der Waals surface area contributed by atoms with Gasteiger partial charge in [0.2, 0.25) is 0 Å². The third-order valence-electron chi connectivity index (χ3n) is 3.22. The molecule has 0 spiro atoms. The summed E-state index contributed by atoms with van der Waals surface area (Å²) in [7, 11) is 0. The molecule has 0 bridgehead atoms. The van der Waals surface area contributed by atoms with Crippen LogP contribution in [0.4, 0.5) is 5.82 Å². The van der Waals surface area contributed by atoms with E-state index in [1.165, 1.54) is 0 Å². The van der Waals surface area contributed by atoms with Crippen molar-refractivity contribution in [2.24, 2.45) is 11.1 Å². The van der Waals surface area contributed by atoms with Crippen LogP contribution in [-0.4, -0.2) is 29.6 Å². The number of nitrogens with one attached hydrogen (secondary N) is 1. The zero-order valence-electron chi connectivity index (χ0n) is 9.79. The van der Waals surface area contributed by atoms with E-state index in [0.717, 1.165) is 25.3 Å². The molecule has 1 fully saturated rings. The van der Waals surface area contributed by atoms with Gasteiger partial charge in [-0.1, -0.05) is 6.92 Å². The molecule has 0 aliphatic carbocycles. The van der Waals surface area contributed by atoms with Crippen LogP contribution in [0.15, 0.2) is 10.9 Å². The largest absolute Gasteiger partial charge is 0.356 e. The minimum Gasteiger partial charge on any atom is -0.356 e. The Morgan fingerprint density at radius 2 is 2.44 bits per heavy atom. The summed E-state index contributed by atoms with van der Waals surface area (Å²) in [4.78, 5) is 20.5. The number of hydrogen-bond donors (Lipinski definition) is 2. The molecule has 2 heterocycles. The summed E-state index contributed by atoms with van der Waals surface area (Å²) < 4.78 is 0. The highest BCUT2D eigenvalue weighted by molar-refractivity contribution is 5.39. The van der Waals surface area contributed by atoms with Gasteiger partial charge in [-0.25, -0.2) is 4.98 Å². The standard InChI is InChI=1S/C11H18N4O/c1-8-13-9(5-10(16)14-8)15-4-3-11(2,6-12)7-15/h5H,3-4,6-7,12H2,1-2H3,(H,13,14,16). The number of rotatable bonds is 2. The average molecular weight is 222 g/mol. The molecule has 0 radical (unpaired) electrons. The van der Waals surface area contributed by atoms with Crippen LogP contribution in [0.5, 0.6) is 0 Å². The molecule has 1 aromatic rings. The molecule has 1 atom stereocenters. The van der Waals surface area contributed by atoms with Gasteiger partial charge >= 0.3 is 0 Å². The number of aromatic amines is 1. The Morgan fingerprint density at radius 1 is 1.69 bits per heavy atom. The molecule has 0 aromatic carbocycles. The first-order valence-electron chi connectivity index (χ1n) is 5.55. The van der Waals surface area contributed by atoms with E-state index in [-0.39, 0.29) is 11.0 Å². The molecule has 3 N–H and O–H groups in total. The maximum Gasteiger partial charge on any atom is 0.252 e. The van der Waals surface area contributed by atoms with Gasteiger partial charge in [0.1, 0.15) is 11.6 Å². The molecule has 1 aliphatic rings. The van der Waals surface area contributed by atoms with E-state index in [1.54, 1.807) is 13.0 Å². The number of aryl methyl sites for hydroxylation is 1. The van der Waals surface area contributed by atoms with Crippen molar-refractivity contribution in [3.05, 3.63) is 22.2 Å². The maximum atomic E-state index is 11.4. The van der Waals surface area contributed by atoms with Crippen molar-refractivity contribution in [3.8, 4) is 0 Å². The topological polar surface area (TPSA) is 75.0 Å². The van der Waals surface area contributed by atoms with Crippen LogP contribution in [0.3, 0.4) is 0 Å². The molecule has 88 valence electrons. The number of nitrogens with two attached hydrogens (primary N) is 1. The Hall–Kier alpha value is -1.36. The number of aromatic nitrogens is 2. The van der Waals surface area contributed by atoms with Gasteiger partial charge < -0.3 is 15.6 Å². The lowest BCUT2D eigenvalue weighted by Crippen LogP contribution is -2.32. The second-order valence-corrected chi connectivity index (χ2v) is 4.88. The smallest absolute Gasteiger partial charge is 0.252 e. The predicted octanol–water partition coefficient (Wildman–Crippen LogP) is 0.253. The molecule has 0 saturated carbocycles. The first kappa shape index (κ1) is 11.1. The third-order valence-corrected chi connectivity index (χ3v) is 3.22. The SMILES string of the molecule is Cc1nc(N2CCC(C)(CN)C2)cc(=O)[nH]1. The Morgan fingerprint density at radius 3 is 3.00 bits per heavy atom. The van der Waals surface area contributed by atoms with Crippen LogP contribution >= 0.6 is 0 Å². The zero-order valence-corrected chi connectivity index (χ0v) is 9.79. The molecule has 5 heteroatoms. The summed E-state index contributed by atoms with van der Waals surface area (Å²) in [6, 6.07) is 1.55. The molecule has 1 aliphatic heterocycles. The molecule has 1 unspecified atom stereocenters. The molecule has 1 saturated heterocycles. The van der Waals surface area contributed by atoms with Crippen molar-refractivity contribution in [2.45, 2.75) is 20.3 Å². The first-order chi connectivity index (χ1) is 7.52. The number of hydrogen-bond acceptors (Lipinski definition) is 4. The van der Waals surface area contributed by atoms with E-state index in [2.05, 4.69) is 21.8 Å². The van der Waals surface area contributed by atoms with Crippen LogP contribution in [0, 0.1) is 12.3 Å². The number of anilines is 1. The van der Waals surface area contributed by atoms with Gasteiger partial charge in [-0.05, 0) is 25.3 Å². The average Bonchev–Trinajstić information content (AvgIpc) is 2.61. The van der Waals surface area contributed by atoms with Gasteiger partial charge in [-0.15, -0.1) is 0 Å². The third kappa shape index (κ3) is 2.09. The highest BCUT2D eigenvalue weighted by Gasteiger charge is 2.33. The molecular weight excluding hydrogens is 204 g/mol. The maximum absolute atomic E-state index is 11.4. The van der Waals surface area contributed by atoms with E-state index >= 15 is 0 Å². The van der Waals surface area contributed by atoms with Crippen molar-refractivity contribution < 1.29 is 0 Å². The van der Waals surface area contributed by atoms with E-state index in [0.29, 0.717) is 12.4 Å².